The molecule has 0 radical (unpaired) electrons. The van der Waals surface area contributed by atoms with Crippen molar-refractivity contribution in [3.63, 3.8) is 0 Å². The Labute approximate surface area is 155 Å². The first-order valence-corrected chi connectivity index (χ1v) is 8.75. The molecule has 2 aromatic carbocycles. The predicted molar refractivity (Wildman–Crippen MR) is 103 cm³/mol. The van der Waals surface area contributed by atoms with E-state index < -0.39 is 4.92 Å². The molecule has 120 valence electrons. The fraction of sp³-hybridized carbons (Fsp3) is 0. The number of nitro benzene ring substituents is 1. The van der Waals surface area contributed by atoms with E-state index in [-0.39, 0.29) is 11.6 Å². The molecule has 0 atom stereocenters. The molecular formula is C16H9BrN2O3S2. The van der Waals surface area contributed by atoms with E-state index in [1.807, 2.05) is 24.3 Å². The highest BCUT2D eigenvalue weighted by Gasteiger charge is 2.33. The van der Waals surface area contributed by atoms with Crippen molar-refractivity contribution in [2.75, 3.05) is 4.90 Å². The minimum atomic E-state index is -0.502. The topological polar surface area (TPSA) is 63.5 Å². The summed E-state index contributed by atoms with van der Waals surface area (Å²) >= 11 is 9.84. The van der Waals surface area contributed by atoms with Crippen molar-refractivity contribution in [2.45, 2.75) is 0 Å². The van der Waals surface area contributed by atoms with Crippen molar-refractivity contribution in [2.24, 2.45) is 0 Å². The number of nitrogens with zero attached hydrogens (tertiary/aromatic N) is 2. The van der Waals surface area contributed by atoms with Crippen LogP contribution in [-0.2, 0) is 4.79 Å². The second-order valence-corrected chi connectivity index (χ2v) is 7.44. The van der Waals surface area contributed by atoms with Gasteiger partial charge in [0, 0.05) is 16.6 Å². The fourth-order valence-corrected chi connectivity index (χ4v) is 3.90. The molecule has 8 heteroatoms. The monoisotopic (exact) mass is 420 g/mol. The van der Waals surface area contributed by atoms with E-state index in [0.717, 1.165) is 10.0 Å². The summed E-state index contributed by atoms with van der Waals surface area (Å²) in [5.74, 6) is -0.287. The third kappa shape index (κ3) is 3.40. The Hall–Kier alpha value is -2.03. The summed E-state index contributed by atoms with van der Waals surface area (Å²) in [5, 5.41) is 10.9. The largest absolute Gasteiger partial charge is 0.271 e. The Morgan fingerprint density at radius 3 is 2.67 bits per heavy atom. The van der Waals surface area contributed by atoms with Gasteiger partial charge in [-0.05, 0) is 29.8 Å². The Morgan fingerprint density at radius 2 is 1.96 bits per heavy atom. The molecule has 0 spiro atoms. The third-order valence-corrected chi connectivity index (χ3v) is 5.03. The molecule has 1 aliphatic heterocycles. The Balaban J connectivity index is 1.95. The number of thiocarbonyl (C=S) groups is 1. The van der Waals surface area contributed by atoms with Gasteiger partial charge in [0.15, 0.2) is 4.32 Å². The lowest BCUT2D eigenvalue weighted by Gasteiger charge is -2.13. The molecule has 3 rings (SSSR count). The average Bonchev–Trinajstić information content (AvgIpc) is 2.81. The van der Waals surface area contributed by atoms with E-state index in [1.54, 1.807) is 12.1 Å². The number of carbonyl (C=O) groups is 1. The predicted octanol–water partition coefficient (Wildman–Crippen LogP) is 4.76. The van der Waals surface area contributed by atoms with Crippen LogP contribution in [0.15, 0.2) is 57.9 Å². The zero-order chi connectivity index (χ0) is 17.3. The molecule has 0 saturated carbocycles. The minimum absolute atomic E-state index is 0.0856. The third-order valence-electron chi connectivity index (χ3n) is 3.24. The Bertz CT molecular complexity index is 898. The lowest BCUT2D eigenvalue weighted by Crippen LogP contribution is -2.27. The number of hydrogen-bond donors (Lipinski definition) is 0. The SMILES string of the molecule is O=C1/C(=C/c2cccc(Br)c2)SC(=S)N1c1cccc([N+](=O)[O-])c1. The van der Waals surface area contributed by atoms with Crippen molar-refractivity contribution in [1.29, 1.82) is 0 Å². The van der Waals surface area contributed by atoms with Crippen molar-refractivity contribution in [1.82, 2.24) is 0 Å². The summed E-state index contributed by atoms with van der Waals surface area (Å²) in [5.41, 5.74) is 1.17. The highest BCUT2D eigenvalue weighted by atomic mass is 79.9. The number of non-ortho nitro benzene ring substituents is 1. The highest BCUT2D eigenvalue weighted by Crippen LogP contribution is 2.37. The first-order valence-electron chi connectivity index (χ1n) is 6.74. The second-order valence-electron chi connectivity index (χ2n) is 4.85. The molecular weight excluding hydrogens is 412 g/mol. The summed E-state index contributed by atoms with van der Waals surface area (Å²) in [6, 6.07) is 13.4. The summed E-state index contributed by atoms with van der Waals surface area (Å²) in [6.45, 7) is 0. The maximum absolute atomic E-state index is 12.7. The lowest BCUT2D eigenvalue weighted by molar-refractivity contribution is -0.384. The van der Waals surface area contributed by atoms with Gasteiger partial charge in [-0.15, -0.1) is 0 Å². The van der Waals surface area contributed by atoms with Gasteiger partial charge in [0.2, 0.25) is 0 Å². The standard InChI is InChI=1S/C16H9BrN2O3S2/c17-11-4-1-3-10(7-11)8-14-15(20)18(16(23)24-14)12-5-2-6-13(9-12)19(21)22/h1-9H/b14-8-. The molecule has 1 aliphatic rings. The number of anilines is 1. The average molecular weight is 421 g/mol. The normalized spacial score (nSPS) is 16.0. The number of benzene rings is 2. The Morgan fingerprint density at radius 1 is 1.21 bits per heavy atom. The zero-order valence-electron chi connectivity index (χ0n) is 12.0. The first kappa shape index (κ1) is 16.8. The smallest absolute Gasteiger partial charge is 0.268 e. The van der Waals surface area contributed by atoms with Crippen molar-refractivity contribution >= 4 is 67.6 Å². The van der Waals surface area contributed by atoms with Crippen LogP contribution >= 0.6 is 39.9 Å². The molecule has 5 nitrogen and oxygen atoms in total. The summed E-state index contributed by atoms with van der Waals surface area (Å²) < 4.78 is 1.26. The summed E-state index contributed by atoms with van der Waals surface area (Å²) in [6.07, 6.45) is 1.75. The number of rotatable bonds is 3. The van der Waals surface area contributed by atoms with Gasteiger partial charge in [0.25, 0.3) is 11.6 Å². The molecule has 1 saturated heterocycles. The second kappa shape index (κ2) is 6.84. The number of amides is 1. The molecule has 0 unspecified atom stereocenters. The summed E-state index contributed by atoms with van der Waals surface area (Å²) in [4.78, 5) is 24.9. The van der Waals surface area contributed by atoms with Crippen LogP contribution in [0.3, 0.4) is 0 Å². The van der Waals surface area contributed by atoms with E-state index in [4.69, 9.17) is 12.2 Å². The van der Waals surface area contributed by atoms with Crippen molar-refractivity contribution in [3.8, 4) is 0 Å². The van der Waals surface area contributed by atoms with Crippen LogP contribution in [0.5, 0.6) is 0 Å². The van der Waals surface area contributed by atoms with Gasteiger partial charge in [-0.25, -0.2) is 0 Å². The summed E-state index contributed by atoms with van der Waals surface area (Å²) in [7, 11) is 0. The molecule has 2 aromatic rings. The van der Waals surface area contributed by atoms with Crippen LogP contribution in [0.4, 0.5) is 11.4 Å². The fourth-order valence-electron chi connectivity index (χ4n) is 2.18. The molecule has 1 heterocycles. The van der Waals surface area contributed by atoms with E-state index in [9.17, 15) is 14.9 Å². The molecule has 0 aliphatic carbocycles. The Kier molecular flexibility index (Phi) is 4.79. The number of thioether (sulfide) groups is 1. The van der Waals surface area contributed by atoms with Crippen molar-refractivity contribution in [3.05, 3.63) is 73.6 Å². The maximum Gasteiger partial charge on any atom is 0.271 e. The van der Waals surface area contributed by atoms with Gasteiger partial charge in [0.05, 0.1) is 15.5 Å². The first-order chi connectivity index (χ1) is 11.5. The zero-order valence-corrected chi connectivity index (χ0v) is 15.2. The van der Waals surface area contributed by atoms with E-state index >= 15 is 0 Å². The van der Waals surface area contributed by atoms with Crippen LogP contribution in [0, 0.1) is 10.1 Å². The van der Waals surface area contributed by atoms with E-state index in [0.29, 0.717) is 14.9 Å². The van der Waals surface area contributed by atoms with Gasteiger partial charge in [-0.2, -0.15) is 0 Å². The lowest BCUT2D eigenvalue weighted by atomic mass is 10.2. The van der Waals surface area contributed by atoms with Gasteiger partial charge < -0.3 is 0 Å². The minimum Gasteiger partial charge on any atom is -0.268 e. The van der Waals surface area contributed by atoms with Crippen LogP contribution < -0.4 is 4.90 Å². The van der Waals surface area contributed by atoms with E-state index in [1.165, 1.54) is 34.9 Å². The molecule has 24 heavy (non-hydrogen) atoms. The van der Waals surface area contributed by atoms with Gasteiger partial charge in [0.1, 0.15) is 0 Å². The van der Waals surface area contributed by atoms with Gasteiger partial charge >= 0.3 is 0 Å². The van der Waals surface area contributed by atoms with E-state index in [2.05, 4.69) is 15.9 Å². The quantitative estimate of drug-likeness (QED) is 0.309. The van der Waals surface area contributed by atoms with Gasteiger partial charge in [-0.3, -0.25) is 19.8 Å². The van der Waals surface area contributed by atoms with Crippen LogP contribution in [0.25, 0.3) is 6.08 Å². The number of hydrogen-bond acceptors (Lipinski definition) is 5. The van der Waals surface area contributed by atoms with Crippen LogP contribution in [-0.4, -0.2) is 15.2 Å². The molecule has 1 fully saturated rings. The molecule has 0 aromatic heterocycles. The number of nitro groups is 1. The van der Waals surface area contributed by atoms with Crippen LogP contribution in [0.2, 0.25) is 0 Å². The molecule has 1 amide bonds. The van der Waals surface area contributed by atoms with Crippen molar-refractivity contribution < 1.29 is 9.72 Å². The highest BCUT2D eigenvalue weighted by molar-refractivity contribution is 9.10. The number of carbonyl (C=O) groups excluding carboxylic acids is 1. The van der Waals surface area contributed by atoms with Gasteiger partial charge in [-0.1, -0.05) is 58.1 Å². The number of halogens is 1. The van der Waals surface area contributed by atoms with Crippen LogP contribution in [0.1, 0.15) is 5.56 Å². The molecule has 0 N–H and O–H groups in total. The molecule has 0 bridgehead atoms. The maximum atomic E-state index is 12.7.